The molecule has 0 fully saturated rings. The molecule has 0 aliphatic heterocycles. The number of fused-ring (bicyclic) bond motifs is 1. The van der Waals surface area contributed by atoms with Crippen LogP contribution >= 0.6 is 0 Å². The van der Waals surface area contributed by atoms with Crippen molar-refractivity contribution in [3.05, 3.63) is 132 Å². The van der Waals surface area contributed by atoms with Gasteiger partial charge in [0.05, 0.1) is 12.8 Å². The van der Waals surface area contributed by atoms with Crippen LogP contribution in [0.5, 0.6) is 5.75 Å². The zero-order valence-electron chi connectivity index (χ0n) is 19.6. The molecule has 0 aliphatic carbocycles. The Balaban J connectivity index is 1.40. The molecule has 0 saturated carbocycles. The predicted octanol–water partition coefficient (Wildman–Crippen LogP) is 6.18. The van der Waals surface area contributed by atoms with E-state index in [9.17, 15) is 17.6 Å². The zero-order chi connectivity index (χ0) is 25.8. The van der Waals surface area contributed by atoms with Crippen LogP contribution in [0.3, 0.4) is 0 Å². The first-order valence-corrected chi connectivity index (χ1v) is 12.9. The van der Waals surface area contributed by atoms with Crippen molar-refractivity contribution < 1.29 is 26.2 Å². The highest BCUT2D eigenvalue weighted by Crippen LogP contribution is 2.23. The highest BCUT2D eigenvalue weighted by molar-refractivity contribution is 7.87. The van der Waals surface area contributed by atoms with Crippen LogP contribution in [0.1, 0.15) is 21.7 Å². The van der Waals surface area contributed by atoms with E-state index in [-0.39, 0.29) is 29.6 Å². The second-order valence-corrected chi connectivity index (χ2v) is 9.99. The van der Waals surface area contributed by atoms with Crippen molar-refractivity contribution >= 4 is 26.8 Å². The van der Waals surface area contributed by atoms with Crippen molar-refractivity contribution in [1.82, 2.24) is 4.90 Å². The molecule has 6 nitrogen and oxygen atoms in total. The minimum absolute atomic E-state index is 0.0814. The van der Waals surface area contributed by atoms with Crippen LogP contribution in [0.25, 0.3) is 10.8 Å². The number of carbonyl (C=O) groups excluding carboxylic acids is 1. The predicted molar refractivity (Wildman–Crippen MR) is 137 cm³/mol. The van der Waals surface area contributed by atoms with E-state index in [2.05, 4.69) is 0 Å². The fourth-order valence-corrected chi connectivity index (χ4v) is 4.91. The van der Waals surface area contributed by atoms with E-state index in [1.165, 1.54) is 6.07 Å². The second-order valence-electron chi connectivity index (χ2n) is 8.44. The van der Waals surface area contributed by atoms with E-state index in [4.69, 9.17) is 8.60 Å². The lowest BCUT2D eigenvalue weighted by atomic mass is 10.1. The molecular formula is C29H22FNO5S. The molecule has 4 aromatic carbocycles. The van der Waals surface area contributed by atoms with Crippen molar-refractivity contribution in [2.75, 3.05) is 0 Å². The summed E-state index contributed by atoms with van der Waals surface area (Å²) in [6.45, 7) is 0.401. The molecule has 0 atom stereocenters. The van der Waals surface area contributed by atoms with Gasteiger partial charge in [-0.25, -0.2) is 4.39 Å². The first-order chi connectivity index (χ1) is 17.9. The average molecular weight is 516 g/mol. The summed E-state index contributed by atoms with van der Waals surface area (Å²) >= 11 is 0. The highest BCUT2D eigenvalue weighted by Gasteiger charge is 2.20. The van der Waals surface area contributed by atoms with Crippen LogP contribution in [-0.4, -0.2) is 19.2 Å². The topological polar surface area (TPSA) is 76.8 Å². The quantitative estimate of drug-likeness (QED) is 0.231. The summed E-state index contributed by atoms with van der Waals surface area (Å²) in [6, 6.07) is 27.8. The number of hydrogen-bond acceptors (Lipinski definition) is 5. The van der Waals surface area contributed by atoms with E-state index < -0.39 is 15.9 Å². The molecule has 37 heavy (non-hydrogen) atoms. The van der Waals surface area contributed by atoms with Gasteiger partial charge in [-0.15, -0.1) is 0 Å². The largest absolute Gasteiger partial charge is 0.467 e. The maximum atomic E-state index is 13.6. The van der Waals surface area contributed by atoms with E-state index in [0.717, 1.165) is 35.0 Å². The van der Waals surface area contributed by atoms with E-state index in [0.29, 0.717) is 16.9 Å². The number of hydrogen-bond donors (Lipinski definition) is 0. The van der Waals surface area contributed by atoms with Crippen molar-refractivity contribution in [3.63, 3.8) is 0 Å². The molecule has 5 rings (SSSR count). The van der Waals surface area contributed by atoms with Gasteiger partial charge in [0.2, 0.25) is 0 Å². The maximum Gasteiger partial charge on any atom is 0.339 e. The second kappa shape index (κ2) is 10.3. The minimum atomic E-state index is -4.16. The monoisotopic (exact) mass is 515 g/mol. The van der Waals surface area contributed by atoms with Crippen molar-refractivity contribution in [2.24, 2.45) is 0 Å². The Morgan fingerprint density at radius 2 is 1.59 bits per heavy atom. The maximum absolute atomic E-state index is 13.6. The molecule has 0 N–H and O–H groups in total. The Morgan fingerprint density at radius 1 is 0.811 bits per heavy atom. The molecule has 1 aromatic heterocycles. The van der Waals surface area contributed by atoms with Crippen molar-refractivity contribution in [3.8, 4) is 5.75 Å². The molecule has 0 spiro atoms. The third kappa shape index (κ3) is 5.70. The first-order valence-electron chi connectivity index (χ1n) is 11.5. The van der Waals surface area contributed by atoms with Gasteiger partial charge in [0.15, 0.2) is 0 Å². The molecule has 0 bridgehead atoms. The van der Waals surface area contributed by atoms with Gasteiger partial charge in [-0.05, 0) is 77.0 Å². The van der Waals surface area contributed by atoms with Gasteiger partial charge in [0.1, 0.15) is 22.2 Å². The number of rotatable bonds is 8. The number of halogens is 1. The highest BCUT2D eigenvalue weighted by atomic mass is 32.2. The molecule has 0 saturated heterocycles. The van der Waals surface area contributed by atoms with Gasteiger partial charge in [-0.2, -0.15) is 8.42 Å². The summed E-state index contributed by atoms with van der Waals surface area (Å²) in [4.78, 5) is 15.0. The van der Waals surface area contributed by atoms with Crippen LogP contribution < -0.4 is 4.18 Å². The molecule has 1 amide bonds. The number of carbonyl (C=O) groups is 1. The van der Waals surface area contributed by atoms with Crippen molar-refractivity contribution in [1.29, 1.82) is 0 Å². The first kappa shape index (κ1) is 24.3. The fourth-order valence-electron chi connectivity index (χ4n) is 3.99. The summed E-state index contributed by atoms with van der Waals surface area (Å²) < 4.78 is 49.2. The lowest BCUT2D eigenvalue weighted by Crippen LogP contribution is -2.30. The lowest BCUT2D eigenvalue weighted by Gasteiger charge is -2.22. The average Bonchev–Trinajstić information content (AvgIpc) is 3.41. The van der Waals surface area contributed by atoms with Gasteiger partial charge < -0.3 is 13.5 Å². The Labute approximate surface area is 213 Å². The van der Waals surface area contributed by atoms with Gasteiger partial charge in [0, 0.05) is 12.1 Å². The van der Waals surface area contributed by atoms with Crippen LogP contribution in [0, 0.1) is 5.82 Å². The Hall–Kier alpha value is -4.43. The SMILES string of the molecule is O=C(c1ccc2ccccc2c1)N(Cc1cccc(OS(=O)(=O)c2ccc(F)cc2)c1)Cc1ccco1. The van der Waals surface area contributed by atoms with Crippen LogP contribution in [-0.2, 0) is 23.2 Å². The van der Waals surface area contributed by atoms with Crippen LogP contribution in [0.2, 0.25) is 0 Å². The molecule has 0 unspecified atom stereocenters. The Bertz CT molecular complexity index is 1650. The molecular weight excluding hydrogens is 493 g/mol. The van der Waals surface area contributed by atoms with Crippen molar-refractivity contribution in [2.45, 2.75) is 18.0 Å². The number of nitrogens with zero attached hydrogens (tertiary/aromatic N) is 1. The Kier molecular flexibility index (Phi) is 6.74. The van der Waals surface area contributed by atoms with Gasteiger partial charge >= 0.3 is 10.1 Å². The third-order valence-corrected chi connectivity index (χ3v) is 7.05. The van der Waals surface area contributed by atoms with Gasteiger partial charge in [-0.1, -0.05) is 42.5 Å². The van der Waals surface area contributed by atoms with Crippen LogP contribution in [0.4, 0.5) is 4.39 Å². The Morgan fingerprint density at radius 3 is 2.35 bits per heavy atom. The minimum Gasteiger partial charge on any atom is -0.467 e. The lowest BCUT2D eigenvalue weighted by molar-refractivity contribution is 0.0717. The van der Waals surface area contributed by atoms with Crippen LogP contribution in [0.15, 0.2) is 119 Å². The molecule has 186 valence electrons. The van der Waals surface area contributed by atoms with E-state index in [1.807, 2.05) is 36.4 Å². The van der Waals surface area contributed by atoms with Gasteiger partial charge in [0.25, 0.3) is 5.91 Å². The summed E-state index contributed by atoms with van der Waals surface area (Å²) in [5.41, 5.74) is 1.18. The molecule has 0 aliphatic rings. The molecule has 0 radical (unpaired) electrons. The molecule has 8 heteroatoms. The molecule has 5 aromatic rings. The zero-order valence-corrected chi connectivity index (χ0v) is 20.4. The summed E-state index contributed by atoms with van der Waals surface area (Å²) in [7, 11) is -4.16. The summed E-state index contributed by atoms with van der Waals surface area (Å²) in [5, 5.41) is 1.98. The number of benzene rings is 4. The fraction of sp³-hybridized carbons (Fsp3) is 0.0690. The number of amides is 1. The molecule has 1 heterocycles. The summed E-state index contributed by atoms with van der Waals surface area (Å²) in [5.74, 6) is -0.0561. The smallest absolute Gasteiger partial charge is 0.339 e. The van der Waals surface area contributed by atoms with E-state index >= 15 is 0 Å². The van der Waals surface area contributed by atoms with Gasteiger partial charge in [-0.3, -0.25) is 4.79 Å². The normalized spacial score (nSPS) is 11.4. The number of furan rings is 1. The summed E-state index contributed by atoms with van der Waals surface area (Å²) in [6.07, 6.45) is 1.54. The standard InChI is InChI=1S/C29H22FNO5S/c30-25-12-14-28(15-13-25)37(33,34)36-26-8-3-5-21(17-26)19-31(20-27-9-4-16-35-27)29(32)24-11-10-22-6-1-2-7-23(22)18-24/h1-18H,19-20H2. The third-order valence-electron chi connectivity index (χ3n) is 5.79. The van der Waals surface area contributed by atoms with E-state index in [1.54, 1.807) is 47.6 Å².